The van der Waals surface area contributed by atoms with E-state index in [0.717, 1.165) is 12.1 Å². The molecule has 0 bridgehead atoms. The number of anilines is 2. The average Bonchev–Trinajstić information content (AvgIpc) is 2.39. The summed E-state index contributed by atoms with van der Waals surface area (Å²) in [5.74, 6) is 0.180. The number of nitrogens with zero attached hydrogens (tertiary/aromatic N) is 2. The molecule has 0 spiro atoms. The number of halogens is 5. The summed E-state index contributed by atoms with van der Waals surface area (Å²) in [6, 6.07) is 7.81. The average molecular weight is 377 g/mol. The number of aromatic nitrogens is 1. The van der Waals surface area contributed by atoms with Gasteiger partial charge in [-0.05, 0) is 46.3 Å². The van der Waals surface area contributed by atoms with E-state index < -0.39 is 11.7 Å². The molecule has 0 unspecified atom stereocenters. The molecule has 8 heteroatoms. The predicted molar refractivity (Wildman–Crippen MR) is 76.4 cm³/mol. The van der Waals surface area contributed by atoms with Gasteiger partial charge in [-0.1, -0.05) is 11.6 Å². The third-order valence-corrected chi connectivity index (χ3v) is 3.36. The maximum Gasteiger partial charge on any atom is 0.416 e. The quantitative estimate of drug-likeness (QED) is 0.739. The number of rotatable bonds is 2. The van der Waals surface area contributed by atoms with Crippen LogP contribution in [0.2, 0.25) is 5.15 Å². The maximum absolute atomic E-state index is 12.7. The second kappa shape index (κ2) is 5.92. The molecule has 21 heavy (non-hydrogen) atoms. The van der Waals surface area contributed by atoms with Crippen molar-refractivity contribution in [2.45, 2.75) is 6.18 Å². The third-order valence-electron chi connectivity index (χ3n) is 2.48. The zero-order valence-electron chi connectivity index (χ0n) is 10.2. The number of hydrogen-bond acceptors (Lipinski definition) is 3. The first kappa shape index (κ1) is 15.6. The van der Waals surface area contributed by atoms with E-state index >= 15 is 0 Å². The van der Waals surface area contributed by atoms with E-state index in [-0.39, 0.29) is 22.2 Å². The number of benzene rings is 1. The van der Waals surface area contributed by atoms with Crippen molar-refractivity contribution in [1.29, 1.82) is 5.26 Å². The molecule has 1 heterocycles. The van der Waals surface area contributed by atoms with Gasteiger partial charge in [-0.25, -0.2) is 4.98 Å². The Hall–Kier alpha value is -1.78. The summed E-state index contributed by atoms with van der Waals surface area (Å²) < 4.78 is 38.5. The van der Waals surface area contributed by atoms with Gasteiger partial charge >= 0.3 is 6.18 Å². The van der Waals surface area contributed by atoms with E-state index in [0.29, 0.717) is 4.47 Å². The number of nitriles is 1. The van der Waals surface area contributed by atoms with Crippen LogP contribution >= 0.6 is 27.5 Å². The van der Waals surface area contributed by atoms with Crippen LogP contribution in [0.15, 0.2) is 34.8 Å². The summed E-state index contributed by atoms with van der Waals surface area (Å²) in [5.41, 5.74) is -0.375. The fourth-order valence-electron chi connectivity index (χ4n) is 1.56. The van der Waals surface area contributed by atoms with Crippen LogP contribution in [0, 0.1) is 11.3 Å². The Morgan fingerprint density at radius 2 is 1.95 bits per heavy atom. The lowest BCUT2D eigenvalue weighted by atomic mass is 10.2. The molecule has 0 aliphatic carbocycles. The number of alkyl halides is 3. The minimum Gasteiger partial charge on any atom is -0.339 e. The highest BCUT2D eigenvalue weighted by molar-refractivity contribution is 9.10. The number of pyridine rings is 1. The van der Waals surface area contributed by atoms with E-state index in [2.05, 4.69) is 26.2 Å². The van der Waals surface area contributed by atoms with Crippen molar-refractivity contribution in [2.24, 2.45) is 0 Å². The first-order chi connectivity index (χ1) is 9.79. The highest BCUT2D eigenvalue weighted by atomic mass is 79.9. The molecule has 2 rings (SSSR count). The van der Waals surface area contributed by atoms with Crippen LogP contribution in [0.1, 0.15) is 11.1 Å². The molecule has 0 fully saturated rings. The Morgan fingerprint density at radius 1 is 1.24 bits per heavy atom. The van der Waals surface area contributed by atoms with Gasteiger partial charge in [0.25, 0.3) is 0 Å². The first-order valence-electron chi connectivity index (χ1n) is 5.51. The molecule has 0 atom stereocenters. The van der Waals surface area contributed by atoms with Crippen molar-refractivity contribution in [3.8, 4) is 6.07 Å². The van der Waals surface area contributed by atoms with E-state index in [1.54, 1.807) is 0 Å². The normalized spacial score (nSPS) is 11.0. The SMILES string of the molecule is N#Cc1cc(Cl)nc(Nc2cc(C(F)(F)F)ccc2Br)c1. The second-order valence-electron chi connectivity index (χ2n) is 3.99. The molecule has 2 aromatic rings. The van der Waals surface area contributed by atoms with Crippen molar-refractivity contribution >= 4 is 39.0 Å². The monoisotopic (exact) mass is 375 g/mol. The lowest BCUT2D eigenvalue weighted by molar-refractivity contribution is -0.137. The lowest BCUT2D eigenvalue weighted by Gasteiger charge is -2.12. The summed E-state index contributed by atoms with van der Waals surface area (Å²) >= 11 is 8.90. The molecule has 0 amide bonds. The summed E-state index contributed by atoms with van der Waals surface area (Å²) in [4.78, 5) is 3.91. The second-order valence-corrected chi connectivity index (χ2v) is 5.23. The standard InChI is InChI=1S/C13H6BrClF3N3/c14-9-2-1-8(13(16,17)18)5-10(9)20-12-4-7(6-19)3-11(15)21-12/h1-5H,(H,20,21). The summed E-state index contributed by atoms with van der Waals surface area (Å²) in [7, 11) is 0. The van der Waals surface area contributed by atoms with Gasteiger partial charge in [0, 0.05) is 4.47 Å². The van der Waals surface area contributed by atoms with Gasteiger partial charge in [0.05, 0.1) is 22.9 Å². The van der Waals surface area contributed by atoms with E-state index in [4.69, 9.17) is 16.9 Å². The minimum atomic E-state index is -4.45. The Labute approximate surface area is 131 Å². The zero-order valence-corrected chi connectivity index (χ0v) is 12.5. The van der Waals surface area contributed by atoms with Gasteiger partial charge in [0.2, 0.25) is 0 Å². The van der Waals surface area contributed by atoms with E-state index in [1.807, 2.05) is 6.07 Å². The molecular weight excluding hydrogens is 371 g/mol. The Balaban J connectivity index is 2.40. The smallest absolute Gasteiger partial charge is 0.339 e. The van der Waals surface area contributed by atoms with Crippen LogP contribution in [-0.4, -0.2) is 4.98 Å². The number of hydrogen-bond donors (Lipinski definition) is 1. The number of nitrogens with one attached hydrogen (secondary N) is 1. The fraction of sp³-hybridized carbons (Fsp3) is 0.0769. The molecule has 0 aliphatic rings. The van der Waals surface area contributed by atoms with Crippen molar-refractivity contribution in [1.82, 2.24) is 4.98 Å². The molecule has 0 radical (unpaired) electrons. The molecule has 1 aromatic heterocycles. The van der Waals surface area contributed by atoms with Crippen molar-refractivity contribution in [2.75, 3.05) is 5.32 Å². The fourth-order valence-corrected chi connectivity index (χ4v) is 2.12. The Morgan fingerprint density at radius 3 is 2.57 bits per heavy atom. The summed E-state index contributed by atoms with van der Waals surface area (Å²) in [6.07, 6.45) is -4.45. The molecular formula is C13H6BrClF3N3. The van der Waals surface area contributed by atoms with Crippen LogP contribution in [-0.2, 0) is 6.18 Å². The van der Waals surface area contributed by atoms with Crippen LogP contribution in [0.25, 0.3) is 0 Å². The lowest BCUT2D eigenvalue weighted by Crippen LogP contribution is -2.06. The van der Waals surface area contributed by atoms with Gasteiger partial charge in [0.1, 0.15) is 11.0 Å². The molecule has 0 saturated heterocycles. The summed E-state index contributed by atoms with van der Waals surface area (Å²) in [6.45, 7) is 0. The molecule has 0 saturated carbocycles. The molecule has 108 valence electrons. The van der Waals surface area contributed by atoms with Crippen molar-refractivity contribution in [3.05, 3.63) is 51.1 Å². The molecule has 1 N–H and O–H groups in total. The molecule has 3 nitrogen and oxygen atoms in total. The first-order valence-corrected chi connectivity index (χ1v) is 6.68. The van der Waals surface area contributed by atoms with E-state index in [1.165, 1.54) is 18.2 Å². The zero-order chi connectivity index (χ0) is 15.6. The maximum atomic E-state index is 12.7. The van der Waals surface area contributed by atoms with Crippen LogP contribution in [0.5, 0.6) is 0 Å². The van der Waals surface area contributed by atoms with Gasteiger partial charge in [-0.2, -0.15) is 18.4 Å². The van der Waals surface area contributed by atoms with Crippen LogP contribution in [0.4, 0.5) is 24.7 Å². The molecule has 0 aliphatic heterocycles. The topological polar surface area (TPSA) is 48.7 Å². The Kier molecular flexibility index (Phi) is 4.40. The Bertz CT molecular complexity index is 726. The van der Waals surface area contributed by atoms with Gasteiger partial charge < -0.3 is 5.32 Å². The van der Waals surface area contributed by atoms with Crippen molar-refractivity contribution < 1.29 is 13.2 Å². The van der Waals surface area contributed by atoms with Crippen molar-refractivity contribution in [3.63, 3.8) is 0 Å². The molecule has 1 aromatic carbocycles. The van der Waals surface area contributed by atoms with Gasteiger partial charge in [0.15, 0.2) is 0 Å². The highest BCUT2D eigenvalue weighted by Crippen LogP contribution is 2.35. The van der Waals surface area contributed by atoms with Crippen LogP contribution < -0.4 is 5.32 Å². The minimum absolute atomic E-state index is 0.0691. The predicted octanol–water partition coefficient (Wildman–Crippen LogP) is 5.13. The summed E-state index contributed by atoms with van der Waals surface area (Å²) in [5, 5.41) is 11.6. The van der Waals surface area contributed by atoms with Crippen LogP contribution in [0.3, 0.4) is 0 Å². The van der Waals surface area contributed by atoms with Gasteiger partial charge in [-0.15, -0.1) is 0 Å². The third kappa shape index (κ3) is 3.86. The highest BCUT2D eigenvalue weighted by Gasteiger charge is 2.30. The van der Waals surface area contributed by atoms with E-state index in [9.17, 15) is 13.2 Å². The van der Waals surface area contributed by atoms with Gasteiger partial charge in [-0.3, -0.25) is 0 Å². The largest absolute Gasteiger partial charge is 0.416 e.